The van der Waals surface area contributed by atoms with Crippen LogP contribution in [0, 0.1) is 0 Å². The number of nitrogens with one attached hydrogen (secondary N) is 1. The summed E-state index contributed by atoms with van der Waals surface area (Å²) in [7, 11) is 0. The summed E-state index contributed by atoms with van der Waals surface area (Å²) >= 11 is -2.20. The zero-order valence-electron chi connectivity index (χ0n) is 4.16. The molecule has 0 bridgehead atoms. The van der Waals surface area contributed by atoms with Crippen LogP contribution in [0.2, 0.25) is 0 Å². The van der Waals surface area contributed by atoms with Gasteiger partial charge in [-0.25, -0.2) is 0 Å². The summed E-state index contributed by atoms with van der Waals surface area (Å²) in [6.07, 6.45) is 4.23. The second-order valence-corrected chi connectivity index (χ2v) is 1.65. The Hall–Kier alpha value is -0.610. The van der Waals surface area contributed by atoms with Gasteiger partial charge in [0.1, 0.15) is 0 Å². The minimum atomic E-state index is -2.20. The highest BCUT2D eigenvalue weighted by Gasteiger charge is 1.65. The first-order valence-electron chi connectivity index (χ1n) is 1.90. The molecule has 0 rings (SSSR count). The zero-order chi connectivity index (χ0) is 6.41. The summed E-state index contributed by atoms with van der Waals surface area (Å²) in [5, 5.41) is 0. The standard InChI is InChI=1S/C4H7NO2S/c1-2-3-4-5-8(6)7/h2-5H,1H2,(H,6,7)/p-1/b4-3+. The quantitative estimate of drug-likeness (QED) is 0.436. The van der Waals surface area contributed by atoms with Gasteiger partial charge in [-0.1, -0.05) is 12.7 Å². The van der Waals surface area contributed by atoms with Crippen LogP contribution in [0.4, 0.5) is 0 Å². The lowest BCUT2D eigenvalue weighted by Crippen LogP contribution is -2.06. The summed E-state index contributed by atoms with van der Waals surface area (Å²) in [6.45, 7) is 3.33. The van der Waals surface area contributed by atoms with Crippen LogP contribution in [0.1, 0.15) is 0 Å². The summed E-state index contributed by atoms with van der Waals surface area (Å²) in [5.74, 6) is 0. The predicted octanol–water partition coefficient (Wildman–Crippen LogP) is 0.0698. The summed E-state index contributed by atoms with van der Waals surface area (Å²) in [5.41, 5.74) is 0. The van der Waals surface area contributed by atoms with Gasteiger partial charge < -0.3 is 9.27 Å². The van der Waals surface area contributed by atoms with Crippen LogP contribution in [-0.4, -0.2) is 8.76 Å². The Labute approximate surface area is 50.5 Å². The normalized spacial score (nSPS) is 13.6. The van der Waals surface area contributed by atoms with Gasteiger partial charge >= 0.3 is 0 Å². The van der Waals surface area contributed by atoms with E-state index in [0.717, 1.165) is 0 Å². The highest BCUT2D eigenvalue weighted by atomic mass is 32.2. The molecule has 0 aromatic rings. The summed E-state index contributed by atoms with van der Waals surface area (Å²) in [4.78, 5) is 0. The van der Waals surface area contributed by atoms with Crippen LogP contribution >= 0.6 is 0 Å². The van der Waals surface area contributed by atoms with Crippen LogP contribution in [0.25, 0.3) is 0 Å². The molecule has 0 radical (unpaired) electrons. The molecule has 1 unspecified atom stereocenters. The minimum absolute atomic E-state index is 1.27. The Morgan fingerprint density at radius 1 is 1.75 bits per heavy atom. The maximum atomic E-state index is 9.68. The van der Waals surface area contributed by atoms with Crippen molar-refractivity contribution in [1.82, 2.24) is 4.72 Å². The van der Waals surface area contributed by atoms with E-state index in [0.29, 0.717) is 0 Å². The van der Waals surface area contributed by atoms with Gasteiger partial charge in [-0.2, -0.15) is 0 Å². The second kappa shape index (κ2) is 4.55. The van der Waals surface area contributed by atoms with Crippen molar-refractivity contribution in [2.75, 3.05) is 0 Å². The molecule has 0 aliphatic carbocycles. The fourth-order valence-corrected chi connectivity index (χ4v) is 0.353. The first-order valence-corrected chi connectivity index (χ1v) is 2.98. The summed E-state index contributed by atoms with van der Waals surface area (Å²) < 4.78 is 21.4. The van der Waals surface area contributed by atoms with Crippen molar-refractivity contribution in [3.8, 4) is 0 Å². The van der Waals surface area contributed by atoms with Crippen LogP contribution < -0.4 is 4.72 Å². The largest absolute Gasteiger partial charge is 0.755 e. The Kier molecular flexibility index (Phi) is 4.20. The molecule has 0 aromatic carbocycles. The second-order valence-electron chi connectivity index (χ2n) is 0.947. The van der Waals surface area contributed by atoms with Crippen LogP contribution in [0.15, 0.2) is 24.9 Å². The molecule has 0 spiro atoms. The molecule has 46 valence electrons. The van der Waals surface area contributed by atoms with Crippen molar-refractivity contribution in [3.63, 3.8) is 0 Å². The molecule has 3 nitrogen and oxygen atoms in total. The average molecular weight is 132 g/mol. The molecule has 4 heteroatoms. The molecule has 0 aliphatic heterocycles. The van der Waals surface area contributed by atoms with E-state index in [4.69, 9.17) is 0 Å². The molecule has 0 fully saturated rings. The monoisotopic (exact) mass is 132 g/mol. The van der Waals surface area contributed by atoms with E-state index in [2.05, 4.69) is 6.58 Å². The van der Waals surface area contributed by atoms with Gasteiger partial charge in [0.25, 0.3) is 0 Å². The van der Waals surface area contributed by atoms with E-state index in [1.807, 2.05) is 4.72 Å². The Bertz CT molecular complexity index is 121. The lowest BCUT2D eigenvalue weighted by Gasteiger charge is -1.99. The summed E-state index contributed by atoms with van der Waals surface area (Å²) in [6, 6.07) is 0. The molecule has 0 heterocycles. The van der Waals surface area contributed by atoms with Crippen molar-refractivity contribution in [1.29, 1.82) is 0 Å². The smallest absolute Gasteiger partial charge is 0.0442 e. The molecule has 1 atom stereocenters. The van der Waals surface area contributed by atoms with E-state index in [1.165, 1.54) is 18.4 Å². The molecule has 0 saturated carbocycles. The minimum Gasteiger partial charge on any atom is -0.755 e. The molecule has 0 saturated heterocycles. The van der Waals surface area contributed by atoms with Crippen molar-refractivity contribution >= 4 is 11.3 Å². The average Bonchev–Trinajstić information content (AvgIpc) is 1.66. The first kappa shape index (κ1) is 7.39. The lowest BCUT2D eigenvalue weighted by atomic mass is 10.6. The number of allylic oxidation sites excluding steroid dienone is 2. The molecular weight excluding hydrogens is 126 g/mol. The zero-order valence-corrected chi connectivity index (χ0v) is 4.98. The molecule has 0 aromatic heterocycles. The third-order valence-corrected chi connectivity index (χ3v) is 0.725. The van der Waals surface area contributed by atoms with E-state index >= 15 is 0 Å². The van der Waals surface area contributed by atoms with Gasteiger partial charge in [-0.05, 0) is 6.08 Å². The van der Waals surface area contributed by atoms with Gasteiger partial charge in [-0.15, -0.1) is 0 Å². The first-order chi connectivity index (χ1) is 3.77. The van der Waals surface area contributed by atoms with Crippen LogP contribution in [-0.2, 0) is 11.3 Å². The van der Waals surface area contributed by atoms with Crippen LogP contribution in [0.5, 0.6) is 0 Å². The lowest BCUT2D eigenvalue weighted by molar-refractivity contribution is 0.531. The third-order valence-electron chi connectivity index (χ3n) is 0.397. The Morgan fingerprint density at radius 3 is 2.75 bits per heavy atom. The van der Waals surface area contributed by atoms with Gasteiger partial charge in [0.2, 0.25) is 0 Å². The molecule has 1 N–H and O–H groups in total. The van der Waals surface area contributed by atoms with E-state index in [9.17, 15) is 8.76 Å². The predicted molar refractivity (Wildman–Crippen MR) is 31.4 cm³/mol. The number of hydrogen-bond donors (Lipinski definition) is 1. The fourth-order valence-electron chi connectivity index (χ4n) is 0.163. The van der Waals surface area contributed by atoms with Gasteiger partial charge in [-0.3, -0.25) is 4.21 Å². The highest BCUT2D eigenvalue weighted by Crippen LogP contribution is 1.67. The van der Waals surface area contributed by atoms with Crippen molar-refractivity contribution in [2.45, 2.75) is 0 Å². The van der Waals surface area contributed by atoms with E-state index in [1.54, 1.807) is 0 Å². The van der Waals surface area contributed by atoms with Crippen molar-refractivity contribution in [3.05, 3.63) is 24.9 Å². The molecule has 0 amide bonds. The topological polar surface area (TPSA) is 52.2 Å². The SMILES string of the molecule is C=C/C=C/NS(=O)[O-]. The van der Waals surface area contributed by atoms with Crippen LogP contribution in [0.3, 0.4) is 0 Å². The third kappa shape index (κ3) is 5.39. The maximum Gasteiger partial charge on any atom is 0.0442 e. The molecular formula is C4H6NO2S-. The highest BCUT2D eigenvalue weighted by molar-refractivity contribution is 7.77. The Balaban J connectivity index is 3.29. The fraction of sp³-hybridized carbons (Fsp3) is 0. The Morgan fingerprint density at radius 2 is 2.38 bits per heavy atom. The number of hydrogen-bond acceptors (Lipinski definition) is 2. The van der Waals surface area contributed by atoms with Gasteiger partial charge in [0.05, 0.1) is 0 Å². The van der Waals surface area contributed by atoms with Gasteiger partial charge in [0, 0.05) is 17.5 Å². The maximum absolute atomic E-state index is 9.68. The van der Waals surface area contributed by atoms with Crippen molar-refractivity contribution in [2.24, 2.45) is 0 Å². The number of rotatable bonds is 3. The van der Waals surface area contributed by atoms with Gasteiger partial charge in [0.15, 0.2) is 0 Å². The molecule has 8 heavy (non-hydrogen) atoms. The van der Waals surface area contributed by atoms with E-state index in [-0.39, 0.29) is 0 Å². The molecule has 0 aliphatic rings. The van der Waals surface area contributed by atoms with E-state index < -0.39 is 11.3 Å². The van der Waals surface area contributed by atoms with Crippen molar-refractivity contribution < 1.29 is 8.76 Å².